The summed E-state index contributed by atoms with van der Waals surface area (Å²) in [6, 6.07) is 6.11. The Morgan fingerprint density at radius 3 is 2.73 bits per heavy atom. The molecule has 0 bridgehead atoms. The molecule has 2 amide bonds. The molecule has 136 valence electrons. The number of para-hydroxylation sites is 1. The first-order valence-corrected chi connectivity index (χ1v) is 7.39. The first-order chi connectivity index (χ1) is 12.5. The minimum absolute atomic E-state index is 0.0547. The number of rotatable bonds is 5. The van der Waals surface area contributed by atoms with Crippen molar-refractivity contribution in [2.24, 2.45) is 5.16 Å². The molecule has 1 heterocycles. The van der Waals surface area contributed by atoms with Crippen LogP contribution >= 0.6 is 12.2 Å². The van der Waals surface area contributed by atoms with E-state index in [1.54, 1.807) is 12.1 Å². The predicted molar refractivity (Wildman–Crippen MR) is 90.0 cm³/mol. The molecule has 0 saturated heterocycles. The normalized spacial score (nSPS) is 10.8. The molecule has 11 heteroatoms. The van der Waals surface area contributed by atoms with Crippen molar-refractivity contribution in [3.8, 4) is 11.6 Å². The van der Waals surface area contributed by atoms with Crippen LogP contribution < -0.4 is 10.1 Å². The van der Waals surface area contributed by atoms with Gasteiger partial charge in [-0.3, -0.25) is 10.1 Å². The van der Waals surface area contributed by atoms with Gasteiger partial charge < -0.3 is 19.3 Å². The van der Waals surface area contributed by atoms with Crippen molar-refractivity contribution in [3.63, 3.8) is 0 Å². The molecule has 0 radical (unpaired) electrons. The van der Waals surface area contributed by atoms with Gasteiger partial charge in [0.1, 0.15) is 12.9 Å². The summed E-state index contributed by atoms with van der Waals surface area (Å²) in [7, 11) is 2.32. The average molecular weight is 380 g/mol. The number of hydrogen-bond donors (Lipinski definition) is 2. The smallest absolute Gasteiger partial charge is 0.413 e. The maximum atomic E-state index is 14.0. The highest BCUT2D eigenvalue weighted by Gasteiger charge is 2.22. The van der Waals surface area contributed by atoms with Gasteiger partial charge in [-0.2, -0.15) is 4.39 Å². The molecule has 0 aliphatic heterocycles. The number of hydrogen-bond acceptors (Lipinski definition) is 8. The largest absolute Gasteiger partial charge is 0.453 e. The Bertz CT molecular complexity index is 915. The number of H-pyrrole nitrogens is 1. The summed E-state index contributed by atoms with van der Waals surface area (Å²) in [5.41, 5.74) is -0.159. The number of carbonyl (C=O) groups excluding carboxylic acids is 2. The Labute approximate surface area is 151 Å². The van der Waals surface area contributed by atoms with Gasteiger partial charge in [-0.1, -0.05) is 29.5 Å². The standard InChI is InChI=1S/C15H13FN4O5S/c1-23-15(22)19-12(21)11(20-24-2)8-5-3-4-6-9(8)25-13-10(16)14(26)18-7-17-13/h3-7H,1-2H3,(H,17,18,26)(H,19,21,22)/b20-11+. The van der Waals surface area contributed by atoms with Crippen LogP contribution in [0.4, 0.5) is 9.18 Å². The Morgan fingerprint density at radius 2 is 2.04 bits per heavy atom. The van der Waals surface area contributed by atoms with Gasteiger partial charge in [0.15, 0.2) is 10.4 Å². The van der Waals surface area contributed by atoms with E-state index in [4.69, 9.17) is 17.0 Å². The molecular formula is C15H13FN4O5S. The number of methoxy groups -OCH3 is 1. The zero-order valence-corrected chi connectivity index (χ0v) is 14.4. The third kappa shape index (κ3) is 4.39. The second-order valence-corrected chi connectivity index (χ2v) is 4.90. The predicted octanol–water partition coefficient (Wildman–Crippen LogP) is 2.30. The molecule has 0 saturated carbocycles. The number of imide groups is 1. The molecule has 0 atom stereocenters. The van der Waals surface area contributed by atoms with E-state index in [0.29, 0.717) is 0 Å². The van der Waals surface area contributed by atoms with Crippen molar-refractivity contribution in [1.29, 1.82) is 0 Å². The second kappa shape index (κ2) is 8.67. The van der Waals surface area contributed by atoms with Gasteiger partial charge in [0.05, 0.1) is 19.0 Å². The van der Waals surface area contributed by atoms with Crippen molar-refractivity contribution >= 4 is 29.9 Å². The Balaban J connectivity index is 2.44. The number of ether oxygens (including phenoxy) is 2. The van der Waals surface area contributed by atoms with Crippen LogP contribution in [0.5, 0.6) is 11.6 Å². The molecule has 2 rings (SSSR count). The Hall–Kier alpha value is -3.34. The molecule has 0 aliphatic rings. The van der Waals surface area contributed by atoms with Gasteiger partial charge >= 0.3 is 6.09 Å². The lowest BCUT2D eigenvalue weighted by molar-refractivity contribution is -0.114. The molecule has 1 aromatic heterocycles. The first kappa shape index (κ1) is 19.0. The fourth-order valence-electron chi connectivity index (χ4n) is 1.81. The third-order valence-electron chi connectivity index (χ3n) is 2.92. The van der Waals surface area contributed by atoms with Gasteiger partial charge in [0.2, 0.25) is 11.7 Å². The highest BCUT2D eigenvalue weighted by atomic mass is 32.1. The first-order valence-electron chi connectivity index (χ1n) is 6.98. The van der Waals surface area contributed by atoms with E-state index >= 15 is 0 Å². The number of benzene rings is 1. The van der Waals surface area contributed by atoms with Crippen LogP contribution in [0.25, 0.3) is 0 Å². The molecule has 1 aromatic carbocycles. The average Bonchev–Trinajstić information content (AvgIpc) is 2.64. The van der Waals surface area contributed by atoms with Crippen LogP contribution in [-0.2, 0) is 14.4 Å². The van der Waals surface area contributed by atoms with Crippen molar-refractivity contribution < 1.29 is 28.3 Å². The monoisotopic (exact) mass is 380 g/mol. The van der Waals surface area contributed by atoms with Crippen LogP contribution in [0.2, 0.25) is 0 Å². The van der Waals surface area contributed by atoms with E-state index in [9.17, 15) is 14.0 Å². The summed E-state index contributed by atoms with van der Waals surface area (Å²) < 4.78 is 23.6. The number of nitrogens with zero attached hydrogens (tertiary/aromatic N) is 2. The lowest BCUT2D eigenvalue weighted by Crippen LogP contribution is -2.36. The molecule has 9 nitrogen and oxygen atoms in total. The summed E-state index contributed by atoms with van der Waals surface area (Å²) in [5, 5.41) is 5.55. The summed E-state index contributed by atoms with van der Waals surface area (Å²) >= 11 is 4.74. The molecule has 2 aromatic rings. The van der Waals surface area contributed by atoms with Gasteiger partial charge in [0, 0.05) is 0 Å². The number of alkyl carbamates (subject to hydrolysis) is 1. The molecule has 0 aliphatic carbocycles. The zero-order chi connectivity index (χ0) is 19.1. The van der Waals surface area contributed by atoms with Gasteiger partial charge in [-0.05, 0) is 12.1 Å². The van der Waals surface area contributed by atoms with Crippen LogP contribution in [-0.4, -0.2) is 41.9 Å². The van der Waals surface area contributed by atoms with Crippen LogP contribution in [0, 0.1) is 10.5 Å². The quantitative estimate of drug-likeness (QED) is 0.465. The number of halogens is 1. The molecule has 0 unspecified atom stereocenters. The van der Waals surface area contributed by atoms with Crippen molar-refractivity contribution in [2.75, 3.05) is 14.2 Å². The number of carbonyl (C=O) groups is 2. The van der Waals surface area contributed by atoms with Crippen molar-refractivity contribution in [2.45, 2.75) is 0 Å². The molecule has 2 N–H and O–H groups in total. The SMILES string of the molecule is CO/N=C(/C(=O)NC(=O)OC)c1ccccc1Oc1[nH]cnc(=S)c1F. The van der Waals surface area contributed by atoms with Gasteiger partial charge in [0.25, 0.3) is 5.91 Å². The zero-order valence-electron chi connectivity index (χ0n) is 13.6. The van der Waals surface area contributed by atoms with Crippen molar-refractivity contribution in [3.05, 3.63) is 46.6 Å². The van der Waals surface area contributed by atoms with E-state index in [1.807, 2.05) is 5.32 Å². The highest BCUT2D eigenvalue weighted by Crippen LogP contribution is 2.26. The summed E-state index contributed by atoms with van der Waals surface area (Å²) in [5.74, 6) is -2.03. The minimum Gasteiger partial charge on any atom is -0.453 e. The number of oxime groups is 1. The van der Waals surface area contributed by atoms with Crippen LogP contribution in [0.15, 0.2) is 35.7 Å². The van der Waals surface area contributed by atoms with E-state index in [1.165, 1.54) is 19.2 Å². The minimum atomic E-state index is -0.985. The van der Waals surface area contributed by atoms with E-state index in [0.717, 1.165) is 13.4 Å². The topological polar surface area (TPSA) is 115 Å². The summed E-state index contributed by atoms with van der Waals surface area (Å²) in [4.78, 5) is 34.2. The van der Waals surface area contributed by atoms with Crippen LogP contribution in [0.1, 0.15) is 5.56 Å². The lowest BCUT2D eigenvalue weighted by Gasteiger charge is -2.12. The Morgan fingerprint density at radius 1 is 1.31 bits per heavy atom. The maximum Gasteiger partial charge on any atom is 0.413 e. The maximum absolute atomic E-state index is 14.0. The summed E-state index contributed by atoms with van der Waals surface area (Å²) in [6.07, 6.45) is 0.179. The van der Waals surface area contributed by atoms with E-state index in [2.05, 4.69) is 24.7 Å². The number of aromatic nitrogens is 2. The Kier molecular flexibility index (Phi) is 6.33. The third-order valence-corrected chi connectivity index (χ3v) is 3.20. The molecule has 0 spiro atoms. The van der Waals surface area contributed by atoms with Crippen LogP contribution in [0.3, 0.4) is 0 Å². The fourth-order valence-corrected chi connectivity index (χ4v) is 1.95. The molecule has 0 fully saturated rings. The number of amides is 2. The molecule has 26 heavy (non-hydrogen) atoms. The fraction of sp³-hybridized carbons (Fsp3) is 0.133. The van der Waals surface area contributed by atoms with Gasteiger partial charge in [-0.15, -0.1) is 0 Å². The van der Waals surface area contributed by atoms with E-state index < -0.39 is 17.8 Å². The number of aromatic amines is 1. The second-order valence-electron chi connectivity index (χ2n) is 4.52. The van der Waals surface area contributed by atoms with E-state index in [-0.39, 0.29) is 27.5 Å². The molecular weight excluding hydrogens is 367 g/mol. The lowest BCUT2D eigenvalue weighted by atomic mass is 10.1. The van der Waals surface area contributed by atoms with Crippen molar-refractivity contribution in [1.82, 2.24) is 15.3 Å². The number of nitrogens with one attached hydrogen (secondary N) is 2. The highest BCUT2D eigenvalue weighted by molar-refractivity contribution is 7.71. The van der Waals surface area contributed by atoms with Gasteiger partial charge in [-0.25, -0.2) is 9.78 Å². The summed E-state index contributed by atoms with van der Waals surface area (Å²) in [6.45, 7) is 0.